The zero-order valence-electron chi connectivity index (χ0n) is 9.01. The summed E-state index contributed by atoms with van der Waals surface area (Å²) in [6, 6.07) is 0. The maximum atomic E-state index is 11.5. The third-order valence-corrected chi connectivity index (χ3v) is 4.78. The first-order valence-corrected chi connectivity index (χ1v) is 7.29. The van der Waals surface area contributed by atoms with E-state index in [0.29, 0.717) is 30.2 Å². The summed E-state index contributed by atoms with van der Waals surface area (Å²) in [6.45, 7) is 1.18. The molecular formula is C8H14N4O2S2. The van der Waals surface area contributed by atoms with Crippen molar-refractivity contribution in [2.24, 2.45) is 7.05 Å². The van der Waals surface area contributed by atoms with Crippen molar-refractivity contribution >= 4 is 28.0 Å². The minimum atomic E-state index is -2.88. The highest BCUT2D eigenvalue weighted by molar-refractivity contribution is 7.91. The largest absolute Gasteiger partial charge is 0.340 e. The lowest BCUT2D eigenvalue weighted by Gasteiger charge is -2.19. The molecule has 0 amide bonds. The zero-order chi connectivity index (χ0) is 11.8. The molecule has 8 heteroatoms. The number of sulfone groups is 1. The Hall–Kier alpha value is -0.890. The summed E-state index contributed by atoms with van der Waals surface area (Å²) >= 11 is 5.02. The molecule has 16 heavy (non-hydrogen) atoms. The SMILES string of the molecule is Cn1c(N2CCCS(=O)(=O)CC2)n[nH]c1=S. The monoisotopic (exact) mass is 262 g/mol. The van der Waals surface area contributed by atoms with Crippen LogP contribution in [0.15, 0.2) is 0 Å². The van der Waals surface area contributed by atoms with Gasteiger partial charge in [-0.25, -0.2) is 13.5 Å². The van der Waals surface area contributed by atoms with E-state index in [1.54, 1.807) is 4.57 Å². The number of nitrogens with one attached hydrogen (secondary N) is 1. The molecule has 0 atom stereocenters. The smallest absolute Gasteiger partial charge is 0.225 e. The molecule has 2 rings (SSSR count). The third-order valence-electron chi connectivity index (χ3n) is 2.69. The van der Waals surface area contributed by atoms with Gasteiger partial charge in [-0.05, 0) is 18.6 Å². The van der Waals surface area contributed by atoms with E-state index in [1.165, 1.54) is 0 Å². The van der Waals surface area contributed by atoms with Gasteiger partial charge < -0.3 is 4.90 Å². The number of hydrogen-bond donors (Lipinski definition) is 1. The Kier molecular flexibility index (Phi) is 3.02. The normalized spacial score (nSPS) is 20.7. The first kappa shape index (κ1) is 11.6. The van der Waals surface area contributed by atoms with Gasteiger partial charge in [-0.1, -0.05) is 0 Å². The molecule has 90 valence electrons. The Balaban J connectivity index is 2.23. The van der Waals surface area contributed by atoms with Crippen LogP contribution < -0.4 is 4.90 Å². The number of nitrogens with zero attached hydrogens (tertiary/aromatic N) is 3. The molecule has 1 aliphatic rings. The predicted molar refractivity (Wildman–Crippen MR) is 63.9 cm³/mol. The molecule has 0 spiro atoms. The summed E-state index contributed by atoms with van der Waals surface area (Å²) < 4.78 is 25.2. The van der Waals surface area contributed by atoms with Crippen molar-refractivity contribution in [3.63, 3.8) is 0 Å². The third kappa shape index (κ3) is 2.27. The van der Waals surface area contributed by atoms with Gasteiger partial charge in [0.15, 0.2) is 14.6 Å². The predicted octanol–water partition coefficient (Wildman–Crippen LogP) is 0.103. The molecule has 1 fully saturated rings. The van der Waals surface area contributed by atoms with Crippen LogP contribution >= 0.6 is 12.2 Å². The molecule has 2 heterocycles. The fraction of sp³-hybridized carbons (Fsp3) is 0.750. The molecule has 0 bridgehead atoms. The van der Waals surface area contributed by atoms with Gasteiger partial charge in [0.1, 0.15) is 0 Å². The summed E-state index contributed by atoms with van der Waals surface area (Å²) in [5, 5.41) is 6.81. The molecule has 0 unspecified atom stereocenters. The standard InChI is InChI=1S/C8H14N4O2S2/c1-11-7(9-10-8(11)15)12-3-2-5-16(13,14)6-4-12/h2-6H2,1H3,(H,10,15). The summed E-state index contributed by atoms with van der Waals surface area (Å²) in [5.74, 6) is 1.16. The van der Waals surface area contributed by atoms with Crippen LogP contribution in [-0.4, -0.2) is 47.8 Å². The highest BCUT2D eigenvalue weighted by Gasteiger charge is 2.21. The van der Waals surface area contributed by atoms with Crippen LogP contribution in [0.2, 0.25) is 0 Å². The molecule has 0 radical (unpaired) electrons. The molecule has 1 aliphatic heterocycles. The Morgan fingerprint density at radius 1 is 1.38 bits per heavy atom. The maximum absolute atomic E-state index is 11.5. The molecule has 1 aromatic rings. The van der Waals surface area contributed by atoms with Gasteiger partial charge in [-0.15, -0.1) is 5.10 Å². The van der Waals surface area contributed by atoms with E-state index in [4.69, 9.17) is 12.2 Å². The van der Waals surface area contributed by atoms with E-state index in [1.807, 2.05) is 11.9 Å². The van der Waals surface area contributed by atoms with Crippen molar-refractivity contribution in [2.45, 2.75) is 6.42 Å². The van der Waals surface area contributed by atoms with E-state index >= 15 is 0 Å². The van der Waals surface area contributed by atoms with Gasteiger partial charge in [0.25, 0.3) is 0 Å². The second-order valence-corrected chi connectivity index (χ2v) is 6.57. The molecular weight excluding hydrogens is 248 g/mol. The number of hydrogen-bond acceptors (Lipinski definition) is 5. The van der Waals surface area contributed by atoms with Crippen molar-refractivity contribution in [3.8, 4) is 0 Å². The van der Waals surface area contributed by atoms with Crippen LogP contribution in [0.25, 0.3) is 0 Å². The van der Waals surface area contributed by atoms with Crippen LogP contribution in [0.1, 0.15) is 6.42 Å². The topological polar surface area (TPSA) is 71.0 Å². The zero-order valence-corrected chi connectivity index (χ0v) is 10.6. The van der Waals surface area contributed by atoms with Gasteiger partial charge in [-0.2, -0.15) is 0 Å². The lowest BCUT2D eigenvalue weighted by molar-refractivity contribution is 0.597. The van der Waals surface area contributed by atoms with E-state index < -0.39 is 9.84 Å². The van der Waals surface area contributed by atoms with Gasteiger partial charge in [0.2, 0.25) is 5.95 Å². The fourth-order valence-corrected chi connectivity index (χ4v) is 3.16. The molecule has 1 saturated heterocycles. The first-order valence-electron chi connectivity index (χ1n) is 5.06. The number of aromatic nitrogens is 3. The number of H-pyrrole nitrogens is 1. The number of anilines is 1. The lowest BCUT2D eigenvalue weighted by atomic mass is 10.4. The Morgan fingerprint density at radius 3 is 2.75 bits per heavy atom. The van der Waals surface area contributed by atoms with Gasteiger partial charge in [-0.3, -0.25) is 4.57 Å². The van der Waals surface area contributed by atoms with Gasteiger partial charge in [0.05, 0.1) is 11.5 Å². The van der Waals surface area contributed by atoms with E-state index in [0.717, 1.165) is 0 Å². The minimum absolute atomic E-state index is 0.187. The molecule has 0 aliphatic carbocycles. The van der Waals surface area contributed by atoms with E-state index in [9.17, 15) is 8.42 Å². The molecule has 0 aromatic carbocycles. The fourth-order valence-electron chi connectivity index (χ4n) is 1.76. The quantitative estimate of drug-likeness (QED) is 0.727. The van der Waals surface area contributed by atoms with Crippen molar-refractivity contribution in [3.05, 3.63) is 4.77 Å². The Morgan fingerprint density at radius 2 is 2.12 bits per heavy atom. The van der Waals surface area contributed by atoms with Crippen LogP contribution in [0.5, 0.6) is 0 Å². The molecule has 0 saturated carbocycles. The van der Waals surface area contributed by atoms with Gasteiger partial charge >= 0.3 is 0 Å². The average molecular weight is 262 g/mol. The Labute approximate surface area is 99.2 Å². The van der Waals surface area contributed by atoms with Crippen LogP contribution in [0.3, 0.4) is 0 Å². The summed E-state index contributed by atoms with van der Waals surface area (Å²) in [6.07, 6.45) is 0.641. The molecule has 6 nitrogen and oxygen atoms in total. The highest BCUT2D eigenvalue weighted by atomic mass is 32.2. The molecule has 1 N–H and O–H groups in total. The highest BCUT2D eigenvalue weighted by Crippen LogP contribution is 2.13. The second-order valence-electron chi connectivity index (χ2n) is 3.88. The average Bonchev–Trinajstić information content (AvgIpc) is 2.45. The maximum Gasteiger partial charge on any atom is 0.225 e. The second kappa shape index (κ2) is 4.17. The number of aromatic amines is 1. The van der Waals surface area contributed by atoms with Gasteiger partial charge in [0, 0.05) is 20.1 Å². The minimum Gasteiger partial charge on any atom is -0.340 e. The van der Waals surface area contributed by atoms with Crippen LogP contribution in [-0.2, 0) is 16.9 Å². The van der Waals surface area contributed by atoms with Crippen molar-refractivity contribution in [1.29, 1.82) is 0 Å². The summed E-state index contributed by atoms with van der Waals surface area (Å²) in [4.78, 5) is 1.96. The lowest BCUT2D eigenvalue weighted by Crippen LogP contribution is -2.29. The molecule has 1 aromatic heterocycles. The van der Waals surface area contributed by atoms with Crippen molar-refractivity contribution in [1.82, 2.24) is 14.8 Å². The van der Waals surface area contributed by atoms with E-state index in [2.05, 4.69) is 10.2 Å². The van der Waals surface area contributed by atoms with Crippen molar-refractivity contribution < 1.29 is 8.42 Å². The van der Waals surface area contributed by atoms with E-state index in [-0.39, 0.29) is 11.5 Å². The van der Waals surface area contributed by atoms with Crippen LogP contribution in [0.4, 0.5) is 5.95 Å². The summed E-state index contributed by atoms with van der Waals surface area (Å²) in [5.41, 5.74) is 0. The Bertz CT molecular complexity index is 530. The first-order chi connectivity index (χ1) is 7.49. The number of rotatable bonds is 1. The van der Waals surface area contributed by atoms with Crippen molar-refractivity contribution in [2.75, 3.05) is 29.5 Å². The van der Waals surface area contributed by atoms with Crippen LogP contribution in [0, 0.1) is 4.77 Å². The summed E-state index contributed by atoms with van der Waals surface area (Å²) in [7, 11) is -1.06.